The third-order valence-corrected chi connectivity index (χ3v) is 3.81. The van der Waals surface area contributed by atoms with Crippen molar-refractivity contribution in [2.75, 3.05) is 59.6 Å². The number of nitrogens with one attached hydrogen (secondary N) is 2. The van der Waals surface area contributed by atoms with Crippen LogP contribution in [0.2, 0.25) is 0 Å². The molecule has 2 N–H and O–H groups in total. The highest BCUT2D eigenvalue weighted by Crippen LogP contribution is 2.07. The summed E-state index contributed by atoms with van der Waals surface area (Å²) < 4.78 is 10.8. The maximum Gasteiger partial charge on any atom is 0.191 e. The Kier molecular flexibility index (Phi) is 13.1. The summed E-state index contributed by atoms with van der Waals surface area (Å²) in [6, 6.07) is 0. The second-order valence-electron chi connectivity index (χ2n) is 6.25. The summed E-state index contributed by atoms with van der Waals surface area (Å²) in [6.45, 7) is 13.7. The lowest BCUT2D eigenvalue weighted by molar-refractivity contribution is 0.0310. The number of unbranched alkanes of at least 4 members (excludes halogenated alkanes) is 1. The van der Waals surface area contributed by atoms with Gasteiger partial charge in [0.15, 0.2) is 5.96 Å². The summed E-state index contributed by atoms with van der Waals surface area (Å²) in [5.74, 6) is 0.874. The minimum absolute atomic E-state index is 0. The molecule has 6 nitrogen and oxygen atoms in total. The van der Waals surface area contributed by atoms with Crippen molar-refractivity contribution in [3.63, 3.8) is 0 Å². The number of ether oxygens (including phenoxy) is 2. The summed E-state index contributed by atoms with van der Waals surface area (Å²) >= 11 is 0. The van der Waals surface area contributed by atoms with Gasteiger partial charge in [0.05, 0.1) is 25.4 Å². The van der Waals surface area contributed by atoms with Crippen LogP contribution in [-0.4, -0.2) is 76.1 Å². The van der Waals surface area contributed by atoms with Crippen molar-refractivity contribution in [3.8, 4) is 0 Å². The van der Waals surface area contributed by atoms with Crippen molar-refractivity contribution in [3.05, 3.63) is 0 Å². The smallest absolute Gasteiger partial charge is 0.191 e. The molecule has 1 aliphatic rings. The molecule has 1 aliphatic heterocycles. The largest absolute Gasteiger partial charge is 0.379 e. The molecule has 0 atom stereocenters. The molecular weight excluding hydrogens is 407 g/mol. The molecule has 7 heteroatoms. The highest BCUT2D eigenvalue weighted by atomic mass is 127. The first-order valence-corrected chi connectivity index (χ1v) is 8.45. The quantitative estimate of drug-likeness (QED) is 0.247. The fraction of sp³-hybridized carbons (Fsp3) is 0.938. The predicted octanol–water partition coefficient (Wildman–Crippen LogP) is 1.70. The van der Waals surface area contributed by atoms with Crippen LogP contribution in [0.3, 0.4) is 0 Å². The zero-order valence-electron chi connectivity index (χ0n) is 15.2. The fourth-order valence-electron chi connectivity index (χ4n) is 2.17. The molecule has 23 heavy (non-hydrogen) atoms. The maximum absolute atomic E-state index is 5.40. The van der Waals surface area contributed by atoms with Crippen LogP contribution in [0.1, 0.15) is 33.6 Å². The number of nitrogens with zero attached hydrogens (tertiary/aromatic N) is 2. The molecule has 0 aromatic rings. The molecule has 0 unspecified atom stereocenters. The van der Waals surface area contributed by atoms with Crippen LogP contribution in [0.25, 0.3) is 0 Å². The van der Waals surface area contributed by atoms with Gasteiger partial charge < -0.3 is 20.1 Å². The number of guanidine groups is 1. The van der Waals surface area contributed by atoms with E-state index in [1.807, 2.05) is 13.8 Å². The summed E-state index contributed by atoms with van der Waals surface area (Å²) in [5, 5.41) is 6.67. The van der Waals surface area contributed by atoms with Crippen molar-refractivity contribution < 1.29 is 9.47 Å². The summed E-state index contributed by atoms with van der Waals surface area (Å²) in [7, 11) is 1.72. The van der Waals surface area contributed by atoms with Crippen molar-refractivity contribution in [1.82, 2.24) is 15.5 Å². The van der Waals surface area contributed by atoms with E-state index < -0.39 is 0 Å². The lowest BCUT2D eigenvalue weighted by Crippen LogP contribution is -2.40. The number of methoxy groups -OCH3 is 1. The van der Waals surface area contributed by atoms with E-state index >= 15 is 0 Å². The number of morpholine rings is 1. The van der Waals surface area contributed by atoms with Gasteiger partial charge in [-0.05, 0) is 40.2 Å². The Morgan fingerprint density at radius 2 is 1.91 bits per heavy atom. The monoisotopic (exact) mass is 442 g/mol. The highest BCUT2D eigenvalue weighted by Gasteiger charge is 2.15. The van der Waals surface area contributed by atoms with E-state index in [1.54, 1.807) is 7.11 Å². The number of aliphatic imine (C=N–C) groups is 1. The van der Waals surface area contributed by atoms with Crippen LogP contribution in [0.4, 0.5) is 0 Å². The normalized spacial score (nSPS) is 16.8. The second-order valence-corrected chi connectivity index (χ2v) is 6.25. The van der Waals surface area contributed by atoms with Gasteiger partial charge >= 0.3 is 0 Å². The van der Waals surface area contributed by atoms with Gasteiger partial charge in [0.1, 0.15) is 0 Å². The molecule has 0 aromatic heterocycles. The number of halogens is 1. The lowest BCUT2D eigenvalue weighted by atomic mass is 10.1. The Balaban J connectivity index is 0.00000484. The second kappa shape index (κ2) is 13.2. The van der Waals surface area contributed by atoms with Crippen LogP contribution in [0, 0.1) is 0 Å². The van der Waals surface area contributed by atoms with Gasteiger partial charge in [-0.2, -0.15) is 0 Å². The summed E-state index contributed by atoms with van der Waals surface area (Å²) in [5.41, 5.74) is -0.224. The minimum atomic E-state index is -0.224. The Labute approximate surface area is 158 Å². The average Bonchev–Trinajstić information content (AvgIpc) is 2.53. The van der Waals surface area contributed by atoms with Crippen LogP contribution >= 0.6 is 24.0 Å². The fourth-order valence-corrected chi connectivity index (χ4v) is 2.17. The zero-order chi connectivity index (χ0) is 16.3. The molecular formula is C16H35IN4O2. The Morgan fingerprint density at radius 3 is 2.52 bits per heavy atom. The third-order valence-electron chi connectivity index (χ3n) is 3.81. The standard InChI is InChI=1S/C16H34N4O2.HI/c1-5-17-15(19-14-16(2,3)21-4)18-8-6-7-9-20-10-12-22-13-11-20;/h5-14H2,1-4H3,(H2,17,18,19);1H. The van der Waals surface area contributed by atoms with Gasteiger partial charge in [-0.3, -0.25) is 9.89 Å². The summed E-state index contributed by atoms with van der Waals surface area (Å²) in [6.07, 6.45) is 2.35. The maximum atomic E-state index is 5.40. The first-order chi connectivity index (χ1) is 10.6. The minimum Gasteiger partial charge on any atom is -0.379 e. The predicted molar refractivity (Wildman–Crippen MR) is 107 cm³/mol. The Hall–Kier alpha value is -0.120. The van der Waals surface area contributed by atoms with E-state index in [0.717, 1.165) is 58.3 Å². The number of hydrogen-bond donors (Lipinski definition) is 2. The molecule has 1 rings (SSSR count). The van der Waals surface area contributed by atoms with Crippen LogP contribution in [0.15, 0.2) is 4.99 Å². The van der Waals surface area contributed by atoms with Gasteiger partial charge in [0.2, 0.25) is 0 Å². The van der Waals surface area contributed by atoms with Gasteiger partial charge in [-0.25, -0.2) is 0 Å². The molecule has 0 radical (unpaired) electrons. The SMILES string of the molecule is CCNC(=NCC(C)(C)OC)NCCCCN1CCOCC1.I. The average molecular weight is 442 g/mol. The van der Waals surface area contributed by atoms with Crippen molar-refractivity contribution >= 4 is 29.9 Å². The highest BCUT2D eigenvalue weighted by molar-refractivity contribution is 14.0. The molecule has 138 valence electrons. The van der Waals surface area contributed by atoms with E-state index in [2.05, 4.69) is 27.4 Å². The molecule has 0 aromatic carbocycles. The molecule has 1 heterocycles. The zero-order valence-corrected chi connectivity index (χ0v) is 17.5. The van der Waals surface area contributed by atoms with Crippen molar-refractivity contribution in [2.45, 2.75) is 39.2 Å². The van der Waals surface area contributed by atoms with Crippen LogP contribution < -0.4 is 10.6 Å². The van der Waals surface area contributed by atoms with E-state index in [1.165, 1.54) is 6.42 Å². The Bertz CT molecular complexity index is 321. The number of rotatable bonds is 9. The summed E-state index contributed by atoms with van der Waals surface area (Å²) in [4.78, 5) is 7.06. The van der Waals surface area contributed by atoms with Crippen molar-refractivity contribution in [1.29, 1.82) is 0 Å². The molecule has 0 amide bonds. The molecule has 0 bridgehead atoms. The Morgan fingerprint density at radius 1 is 1.22 bits per heavy atom. The van der Waals surface area contributed by atoms with E-state index in [0.29, 0.717) is 6.54 Å². The van der Waals surface area contributed by atoms with Crippen molar-refractivity contribution in [2.24, 2.45) is 4.99 Å². The molecule has 0 spiro atoms. The van der Waals surface area contributed by atoms with Crippen LogP contribution in [-0.2, 0) is 9.47 Å². The topological polar surface area (TPSA) is 58.1 Å². The van der Waals surface area contributed by atoms with Gasteiger partial charge in [-0.1, -0.05) is 0 Å². The molecule has 1 fully saturated rings. The molecule has 1 saturated heterocycles. The van der Waals surface area contributed by atoms with E-state index in [-0.39, 0.29) is 29.6 Å². The molecule has 0 aliphatic carbocycles. The first-order valence-electron chi connectivity index (χ1n) is 8.45. The third kappa shape index (κ3) is 11.1. The lowest BCUT2D eigenvalue weighted by Gasteiger charge is -2.26. The van der Waals surface area contributed by atoms with E-state index in [9.17, 15) is 0 Å². The van der Waals surface area contributed by atoms with Gasteiger partial charge in [0, 0.05) is 33.3 Å². The van der Waals surface area contributed by atoms with Gasteiger partial charge in [0.25, 0.3) is 0 Å². The van der Waals surface area contributed by atoms with Gasteiger partial charge in [-0.15, -0.1) is 24.0 Å². The van der Waals surface area contributed by atoms with Crippen LogP contribution in [0.5, 0.6) is 0 Å². The number of hydrogen-bond acceptors (Lipinski definition) is 4. The first kappa shape index (κ1) is 22.9. The van der Waals surface area contributed by atoms with E-state index in [4.69, 9.17) is 9.47 Å². The molecule has 0 saturated carbocycles.